The summed E-state index contributed by atoms with van der Waals surface area (Å²) < 4.78 is 22.6. The van der Waals surface area contributed by atoms with Crippen LogP contribution in [0.1, 0.15) is 25.7 Å². The van der Waals surface area contributed by atoms with Gasteiger partial charge in [0.25, 0.3) is 0 Å². The minimum atomic E-state index is -0.381. The van der Waals surface area contributed by atoms with E-state index in [0.717, 1.165) is 29.5 Å². The molecule has 1 N–H and O–H groups in total. The highest BCUT2D eigenvalue weighted by atomic mass is 16.7. The van der Waals surface area contributed by atoms with Gasteiger partial charge >= 0.3 is 5.63 Å². The molecule has 0 unspecified atom stereocenters. The summed E-state index contributed by atoms with van der Waals surface area (Å²) in [7, 11) is 0. The van der Waals surface area contributed by atoms with Crippen LogP contribution in [-0.2, 0) is 0 Å². The molecule has 29 heavy (non-hydrogen) atoms. The lowest BCUT2D eigenvalue weighted by atomic mass is 10.0. The summed E-state index contributed by atoms with van der Waals surface area (Å²) in [6, 6.07) is 14.2. The monoisotopic (exact) mass is 391 g/mol. The number of hydrogen-bond acceptors (Lipinski definition) is 6. The second-order valence-electron chi connectivity index (χ2n) is 8.06. The summed E-state index contributed by atoms with van der Waals surface area (Å²) in [6.07, 6.45) is 4.74. The zero-order valence-electron chi connectivity index (χ0n) is 15.9. The quantitative estimate of drug-likeness (QED) is 0.684. The molecule has 4 heterocycles. The first kappa shape index (κ1) is 16.9. The van der Waals surface area contributed by atoms with Gasteiger partial charge < -0.3 is 23.9 Å². The lowest BCUT2D eigenvalue weighted by molar-refractivity contribution is 0.137. The Bertz CT molecular complexity index is 1140. The Kier molecular flexibility index (Phi) is 3.81. The summed E-state index contributed by atoms with van der Waals surface area (Å²) in [5.41, 5.74) is 1.40. The van der Waals surface area contributed by atoms with Crippen molar-refractivity contribution < 1.29 is 18.6 Å². The third-order valence-corrected chi connectivity index (χ3v) is 6.12. The predicted octanol–water partition coefficient (Wildman–Crippen LogP) is 3.85. The maximum absolute atomic E-state index is 12.6. The summed E-state index contributed by atoms with van der Waals surface area (Å²) in [5, 5.41) is 4.48. The van der Waals surface area contributed by atoms with Crippen molar-refractivity contribution in [2.45, 2.75) is 43.9 Å². The van der Waals surface area contributed by atoms with Crippen molar-refractivity contribution in [1.82, 2.24) is 5.32 Å². The van der Waals surface area contributed by atoms with Crippen LogP contribution in [0.15, 0.2) is 51.7 Å². The molecule has 6 nitrogen and oxygen atoms in total. The largest absolute Gasteiger partial charge is 0.490 e. The van der Waals surface area contributed by atoms with Crippen LogP contribution in [0, 0.1) is 0 Å². The molecule has 0 radical (unpaired) electrons. The van der Waals surface area contributed by atoms with Gasteiger partial charge in [-0.25, -0.2) is 4.79 Å². The second-order valence-corrected chi connectivity index (χ2v) is 8.06. The third kappa shape index (κ3) is 3.04. The topological polar surface area (TPSA) is 69.9 Å². The van der Waals surface area contributed by atoms with Gasteiger partial charge in [-0.3, -0.25) is 0 Å². The molecule has 0 spiro atoms. The van der Waals surface area contributed by atoms with E-state index in [4.69, 9.17) is 18.6 Å². The van der Waals surface area contributed by atoms with Gasteiger partial charge in [-0.05, 0) is 61.6 Å². The van der Waals surface area contributed by atoms with E-state index in [1.807, 2.05) is 42.5 Å². The van der Waals surface area contributed by atoms with Crippen LogP contribution < -0.4 is 25.2 Å². The molecule has 3 aliphatic heterocycles. The molecular weight excluding hydrogens is 370 g/mol. The third-order valence-electron chi connectivity index (χ3n) is 6.12. The Hall–Kier alpha value is -2.99. The summed E-state index contributed by atoms with van der Waals surface area (Å²) in [4.78, 5) is 12.6. The first-order valence-electron chi connectivity index (χ1n) is 10.1. The number of piperidine rings is 1. The molecule has 0 aliphatic carbocycles. The van der Waals surface area contributed by atoms with Gasteiger partial charge in [0.2, 0.25) is 6.79 Å². The van der Waals surface area contributed by atoms with Crippen molar-refractivity contribution in [2.24, 2.45) is 0 Å². The molecule has 2 bridgehead atoms. The van der Waals surface area contributed by atoms with Crippen molar-refractivity contribution in [3.05, 3.63) is 52.9 Å². The van der Waals surface area contributed by atoms with Crippen molar-refractivity contribution in [1.29, 1.82) is 0 Å². The van der Waals surface area contributed by atoms with Crippen molar-refractivity contribution in [3.63, 3.8) is 0 Å². The molecule has 1 aromatic heterocycles. The number of ether oxygens (including phenoxy) is 3. The summed E-state index contributed by atoms with van der Waals surface area (Å²) in [5.74, 6) is 2.08. The van der Waals surface area contributed by atoms with Crippen LogP contribution in [0.3, 0.4) is 0 Å². The summed E-state index contributed by atoms with van der Waals surface area (Å²) >= 11 is 0. The van der Waals surface area contributed by atoms with E-state index in [2.05, 4.69) is 5.32 Å². The highest BCUT2D eigenvalue weighted by Gasteiger charge is 2.34. The molecule has 148 valence electrons. The van der Waals surface area contributed by atoms with Crippen LogP contribution in [-0.4, -0.2) is 25.0 Å². The average molecular weight is 391 g/mol. The number of hydrogen-bond donors (Lipinski definition) is 1. The fraction of sp³-hybridized carbons (Fsp3) is 0.348. The molecule has 3 atom stereocenters. The Balaban J connectivity index is 1.30. The maximum Gasteiger partial charge on any atom is 0.344 e. The van der Waals surface area contributed by atoms with Crippen LogP contribution in [0.5, 0.6) is 17.2 Å². The number of benzene rings is 2. The van der Waals surface area contributed by atoms with E-state index in [0.29, 0.717) is 34.7 Å². The maximum atomic E-state index is 12.6. The first-order chi connectivity index (χ1) is 14.2. The molecule has 2 aromatic carbocycles. The zero-order chi connectivity index (χ0) is 19.4. The van der Waals surface area contributed by atoms with Gasteiger partial charge in [-0.15, -0.1) is 0 Å². The van der Waals surface area contributed by atoms with E-state index >= 15 is 0 Å². The molecular formula is C23H21NO5. The van der Waals surface area contributed by atoms with Crippen LogP contribution >= 0.6 is 0 Å². The fourth-order valence-electron chi connectivity index (χ4n) is 4.72. The van der Waals surface area contributed by atoms with Gasteiger partial charge in [0.1, 0.15) is 17.4 Å². The lowest BCUT2D eigenvalue weighted by Gasteiger charge is -2.29. The number of nitrogens with one attached hydrogen (secondary N) is 1. The lowest BCUT2D eigenvalue weighted by Crippen LogP contribution is -2.42. The highest BCUT2D eigenvalue weighted by molar-refractivity contribution is 5.83. The van der Waals surface area contributed by atoms with E-state index in [9.17, 15) is 4.79 Å². The van der Waals surface area contributed by atoms with E-state index in [1.54, 1.807) is 0 Å². The van der Waals surface area contributed by atoms with Crippen LogP contribution in [0.25, 0.3) is 22.1 Å². The van der Waals surface area contributed by atoms with Crippen molar-refractivity contribution in [2.75, 3.05) is 6.79 Å². The molecule has 2 fully saturated rings. The molecule has 6 rings (SSSR count). The number of fused-ring (bicyclic) bond motifs is 4. The Morgan fingerprint density at radius 2 is 1.76 bits per heavy atom. The molecule has 3 aromatic rings. The van der Waals surface area contributed by atoms with Crippen LogP contribution in [0.2, 0.25) is 0 Å². The molecule has 0 saturated carbocycles. The zero-order valence-corrected chi connectivity index (χ0v) is 15.9. The highest BCUT2D eigenvalue weighted by Crippen LogP contribution is 2.36. The van der Waals surface area contributed by atoms with Gasteiger partial charge in [-0.1, -0.05) is 6.07 Å². The Labute approximate surface area is 167 Å². The van der Waals surface area contributed by atoms with E-state index < -0.39 is 0 Å². The minimum absolute atomic E-state index is 0.201. The van der Waals surface area contributed by atoms with E-state index in [-0.39, 0.29) is 18.5 Å². The van der Waals surface area contributed by atoms with E-state index in [1.165, 1.54) is 12.8 Å². The average Bonchev–Trinajstić information content (AvgIpc) is 3.32. The normalized spacial score (nSPS) is 24.8. The smallest absolute Gasteiger partial charge is 0.344 e. The van der Waals surface area contributed by atoms with Crippen molar-refractivity contribution >= 4 is 11.0 Å². The van der Waals surface area contributed by atoms with Gasteiger partial charge in [0, 0.05) is 23.5 Å². The standard InChI is InChI=1S/C23H21NO5/c25-23-19(13-2-6-20-22(8-13)27-12-26-20)7-14-1-5-17(11-21(14)29-23)28-18-9-15-3-4-16(10-18)24-15/h1-2,5-8,11,15-16,18,24H,3-4,9-10,12H2/t15-,16+,18-. The number of rotatable bonds is 3. The van der Waals surface area contributed by atoms with Crippen LogP contribution in [0.4, 0.5) is 0 Å². The van der Waals surface area contributed by atoms with Gasteiger partial charge in [0.15, 0.2) is 11.5 Å². The van der Waals surface area contributed by atoms with Gasteiger partial charge in [-0.2, -0.15) is 0 Å². The molecule has 3 aliphatic rings. The second kappa shape index (κ2) is 6.52. The SMILES string of the molecule is O=c1oc2cc(O[C@@H]3C[C@H]4CC[C@@H](C3)N4)ccc2cc1-c1ccc2c(c1)OCO2. The molecule has 6 heteroatoms. The predicted molar refractivity (Wildman–Crippen MR) is 108 cm³/mol. The van der Waals surface area contributed by atoms with Crippen molar-refractivity contribution in [3.8, 4) is 28.4 Å². The minimum Gasteiger partial charge on any atom is -0.490 e. The fourth-order valence-corrected chi connectivity index (χ4v) is 4.72. The first-order valence-corrected chi connectivity index (χ1v) is 10.1. The summed E-state index contributed by atoms with van der Waals surface area (Å²) in [6.45, 7) is 0.201. The molecule has 0 amide bonds. The Morgan fingerprint density at radius 3 is 2.62 bits per heavy atom. The van der Waals surface area contributed by atoms with Gasteiger partial charge in [0.05, 0.1) is 5.56 Å². The molecule has 2 saturated heterocycles. The Morgan fingerprint density at radius 1 is 0.931 bits per heavy atom.